The van der Waals surface area contributed by atoms with Crippen LogP contribution in [0.2, 0.25) is 0 Å². The van der Waals surface area contributed by atoms with Crippen molar-refractivity contribution in [2.24, 2.45) is 17.4 Å². The van der Waals surface area contributed by atoms with Crippen molar-refractivity contribution in [1.29, 1.82) is 0 Å². The molecular weight excluding hydrogens is 989 g/mol. The van der Waals surface area contributed by atoms with Crippen molar-refractivity contribution in [1.82, 2.24) is 52.5 Å². The quantitative estimate of drug-likeness (QED) is 0.0286. The number of aliphatic hydroxyl groups is 2. The smallest absolute Gasteiger partial charge is 0.326 e. The summed E-state index contributed by atoms with van der Waals surface area (Å²) < 4.78 is 0. The summed E-state index contributed by atoms with van der Waals surface area (Å²) in [6.07, 6.45) is 0.343. The highest BCUT2D eigenvalue weighted by Gasteiger charge is 2.36. The number of nitrogens with one attached hydrogen (secondary N) is 9. The molecule has 3 rings (SSSR count). The number of phenolic OH excluding ortho intramolecular Hbond substituents is 1. The highest BCUT2D eigenvalue weighted by Crippen LogP contribution is 2.14. The summed E-state index contributed by atoms with van der Waals surface area (Å²) in [6, 6.07) is -0.989. The van der Waals surface area contributed by atoms with E-state index in [2.05, 4.69) is 52.5 Å². The van der Waals surface area contributed by atoms with Crippen LogP contribution in [0.15, 0.2) is 67.1 Å². The van der Waals surface area contributed by atoms with E-state index in [0.717, 1.165) is 0 Å². The molecule has 3 aromatic rings. The molecule has 75 heavy (non-hydrogen) atoms. The lowest BCUT2D eigenvalue weighted by molar-refractivity contribution is -0.143. The van der Waals surface area contributed by atoms with E-state index in [9.17, 15) is 78.3 Å². The number of carboxylic acid groups (broad SMARTS) is 2. The molecule has 28 nitrogen and oxygen atoms in total. The van der Waals surface area contributed by atoms with Gasteiger partial charge < -0.3 is 84.5 Å². The van der Waals surface area contributed by atoms with Crippen molar-refractivity contribution >= 4 is 65.1 Å². The predicted molar refractivity (Wildman–Crippen MR) is 261 cm³/mol. The van der Waals surface area contributed by atoms with E-state index in [0.29, 0.717) is 16.8 Å². The first kappa shape index (κ1) is 60.8. The minimum Gasteiger partial charge on any atom is -0.508 e. The van der Waals surface area contributed by atoms with Crippen molar-refractivity contribution in [3.8, 4) is 5.75 Å². The van der Waals surface area contributed by atoms with E-state index in [1.807, 2.05) is 0 Å². The number of hydrogen-bond donors (Lipinski definition) is 16. The average Bonchev–Trinajstić information content (AvgIpc) is 3.89. The van der Waals surface area contributed by atoms with E-state index in [1.54, 1.807) is 44.2 Å². The minimum absolute atomic E-state index is 0.138. The van der Waals surface area contributed by atoms with Gasteiger partial charge in [-0.25, -0.2) is 9.78 Å². The first-order valence-electron chi connectivity index (χ1n) is 23.4. The number of nitrogens with two attached hydrogens (primary N) is 2. The Kier molecular flexibility index (Phi) is 24.2. The molecule has 28 heteroatoms. The van der Waals surface area contributed by atoms with Gasteiger partial charge in [-0.3, -0.25) is 47.9 Å². The maximum absolute atomic E-state index is 14.3. The van der Waals surface area contributed by atoms with Crippen molar-refractivity contribution in [3.05, 3.63) is 83.9 Å². The molecule has 0 aliphatic heterocycles. The standard InChI is InChI=1S/C47H64N12O16/c1-4-23(2)38(46(73)57-34(47(74)75)16-27-19-50-22-51-27)59-44(71)33(18-37(64)65)56-45(72)35(21-61)58-43(70)31(14-25-8-6-5-7-9-25)55-42(69)30(15-26-10-12-28(62)13-11-26)53-39(66)24(3)52-41(68)32(17-36(49)63)54-40(67)29(48)20-60/h5-13,19,22-24,29-35,38,60-62H,4,14-18,20-21,48H2,1-3H3,(H2,49,63)(H,50,51)(H,52,68)(H,53,66)(H,54,67)(H,55,69)(H,56,72)(H,57,73)(H,58,70)(H,59,71)(H,64,65)(H,74,75). The summed E-state index contributed by atoms with van der Waals surface area (Å²) in [5.74, 6) is -13.4. The number of rotatable bonds is 31. The van der Waals surface area contributed by atoms with Crippen LogP contribution in [0, 0.1) is 5.92 Å². The fourth-order valence-electron chi connectivity index (χ4n) is 7.01. The van der Waals surface area contributed by atoms with Crippen LogP contribution in [0.5, 0.6) is 5.75 Å². The van der Waals surface area contributed by atoms with Crippen molar-refractivity contribution in [2.45, 2.75) is 114 Å². The number of aliphatic hydroxyl groups excluding tert-OH is 2. The van der Waals surface area contributed by atoms with E-state index < -0.39 is 151 Å². The summed E-state index contributed by atoms with van der Waals surface area (Å²) >= 11 is 0. The zero-order valence-corrected chi connectivity index (χ0v) is 41.1. The molecule has 408 valence electrons. The van der Waals surface area contributed by atoms with Crippen LogP contribution < -0.4 is 54.0 Å². The first-order valence-corrected chi connectivity index (χ1v) is 23.4. The zero-order valence-electron chi connectivity index (χ0n) is 41.1. The Balaban J connectivity index is 1.88. The number of carboxylic acids is 2. The predicted octanol–water partition coefficient (Wildman–Crippen LogP) is -5.17. The fraction of sp³-hybridized carbons (Fsp3) is 0.447. The number of aromatic hydroxyl groups is 1. The Morgan fingerprint density at radius 3 is 1.59 bits per heavy atom. The number of aromatic nitrogens is 2. The Labute approximate surface area is 428 Å². The van der Waals surface area contributed by atoms with E-state index in [-0.39, 0.29) is 31.4 Å². The Hall–Kier alpha value is -8.50. The number of aromatic amines is 1. The molecule has 10 unspecified atom stereocenters. The normalized spacial score (nSPS) is 15.0. The van der Waals surface area contributed by atoms with Gasteiger partial charge in [-0.1, -0.05) is 62.7 Å². The molecule has 2 aromatic carbocycles. The third kappa shape index (κ3) is 20.1. The summed E-state index contributed by atoms with van der Waals surface area (Å²) in [7, 11) is 0. The number of primary amides is 1. The summed E-state index contributed by atoms with van der Waals surface area (Å²) in [4.78, 5) is 151. The first-order chi connectivity index (χ1) is 35.5. The van der Waals surface area contributed by atoms with Gasteiger partial charge in [0, 0.05) is 31.2 Å². The monoisotopic (exact) mass is 1050 g/mol. The molecule has 0 saturated heterocycles. The summed E-state index contributed by atoms with van der Waals surface area (Å²) in [6.45, 7) is 2.47. The molecule has 0 saturated carbocycles. The number of benzene rings is 2. The summed E-state index contributed by atoms with van der Waals surface area (Å²) in [5, 5.41) is 67.7. The number of imidazole rings is 1. The molecule has 0 fully saturated rings. The number of carbonyl (C=O) groups is 11. The second-order valence-electron chi connectivity index (χ2n) is 17.4. The van der Waals surface area contributed by atoms with Crippen molar-refractivity contribution in [3.63, 3.8) is 0 Å². The molecule has 0 aliphatic carbocycles. The van der Waals surface area contributed by atoms with Crippen molar-refractivity contribution in [2.75, 3.05) is 13.2 Å². The van der Waals surface area contributed by atoms with Crippen LogP contribution in [0.1, 0.15) is 56.9 Å². The zero-order chi connectivity index (χ0) is 55.9. The summed E-state index contributed by atoms with van der Waals surface area (Å²) in [5.41, 5.74) is 12.0. The van der Waals surface area contributed by atoms with E-state index in [1.165, 1.54) is 43.7 Å². The second-order valence-corrected chi connectivity index (χ2v) is 17.4. The Morgan fingerprint density at radius 1 is 0.573 bits per heavy atom. The molecule has 0 spiro atoms. The van der Waals surface area contributed by atoms with Crippen molar-refractivity contribution < 1.29 is 78.3 Å². The van der Waals surface area contributed by atoms with Gasteiger partial charge >= 0.3 is 11.9 Å². The second kappa shape index (κ2) is 29.9. The molecule has 1 heterocycles. The largest absolute Gasteiger partial charge is 0.508 e. The lowest BCUT2D eigenvalue weighted by atomic mass is 9.97. The molecule has 0 aliphatic rings. The molecular formula is C47H64N12O16. The van der Waals surface area contributed by atoms with E-state index in [4.69, 9.17) is 11.5 Å². The minimum atomic E-state index is -1.94. The van der Waals surface area contributed by atoms with Gasteiger partial charge in [0.2, 0.25) is 53.2 Å². The molecule has 10 atom stereocenters. The van der Waals surface area contributed by atoms with Gasteiger partial charge in [-0.15, -0.1) is 0 Å². The lowest BCUT2D eigenvalue weighted by Crippen LogP contribution is -2.61. The molecule has 0 radical (unpaired) electrons. The lowest BCUT2D eigenvalue weighted by Gasteiger charge is -2.28. The van der Waals surface area contributed by atoms with Crippen LogP contribution in [-0.2, 0) is 72.0 Å². The maximum atomic E-state index is 14.3. The fourth-order valence-corrected chi connectivity index (χ4v) is 7.01. The Bertz CT molecular complexity index is 2460. The van der Waals surface area contributed by atoms with Crippen LogP contribution in [0.25, 0.3) is 0 Å². The maximum Gasteiger partial charge on any atom is 0.326 e. The molecule has 9 amide bonds. The number of phenols is 1. The Morgan fingerprint density at radius 2 is 1.07 bits per heavy atom. The molecule has 18 N–H and O–H groups in total. The van der Waals surface area contributed by atoms with E-state index >= 15 is 0 Å². The average molecular weight is 1050 g/mol. The molecule has 0 bridgehead atoms. The van der Waals surface area contributed by atoms with Gasteiger partial charge in [0.05, 0.1) is 32.4 Å². The van der Waals surface area contributed by atoms with Gasteiger partial charge in [0.1, 0.15) is 60.1 Å². The van der Waals surface area contributed by atoms with Gasteiger partial charge in [0.15, 0.2) is 0 Å². The number of hydrogen-bond acceptors (Lipinski definition) is 16. The topological polar surface area (TPSA) is 466 Å². The van der Waals surface area contributed by atoms with Crippen LogP contribution in [-0.4, -0.2) is 168 Å². The molecule has 1 aromatic heterocycles. The van der Waals surface area contributed by atoms with Crippen LogP contribution >= 0.6 is 0 Å². The SMILES string of the molecule is CCC(C)C(NC(=O)C(CC(=O)O)NC(=O)C(CO)NC(=O)C(Cc1ccccc1)NC(=O)C(Cc1ccc(O)cc1)NC(=O)C(C)NC(=O)C(CC(N)=O)NC(=O)C(N)CO)C(=O)NC(Cc1cnc[nH]1)C(=O)O. The highest BCUT2D eigenvalue weighted by atomic mass is 16.4. The third-order valence-electron chi connectivity index (χ3n) is 11.5. The van der Waals surface area contributed by atoms with Crippen LogP contribution in [0.3, 0.4) is 0 Å². The van der Waals surface area contributed by atoms with Gasteiger partial charge in [0.25, 0.3) is 0 Å². The number of H-pyrrole nitrogens is 1. The number of amides is 9. The third-order valence-corrected chi connectivity index (χ3v) is 11.5. The number of carbonyl (C=O) groups excluding carboxylic acids is 9. The van der Waals surface area contributed by atoms with Gasteiger partial charge in [-0.05, 0) is 36.1 Å². The number of nitrogens with zero attached hydrogens (tertiary/aromatic N) is 1. The van der Waals surface area contributed by atoms with Crippen LogP contribution in [0.4, 0.5) is 0 Å². The number of aliphatic carboxylic acids is 2. The van der Waals surface area contributed by atoms with Gasteiger partial charge in [-0.2, -0.15) is 0 Å². The highest BCUT2D eigenvalue weighted by molar-refractivity contribution is 5.99.